The molecule has 0 aliphatic heterocycles. The minimum absolute atomic E-state index is 0. The van der Waals surface area contributed by atoms with Crippen LogP contribution in [0, 0.1) is 0 Å². The Morgan fingerprint density at radius 2 is 2.14 bits per heavy atom. The maximum Gasteiger partial charge on any atom is 0.248 e. The molecule has 1 rings (SSSR count). The van der Waals surface area contributed by atoms with E-state index in [-0.39, 0.29) is 12.4 Å². The van der Waals surface area contributed by atoms with Crippen LogP contribution in [-0.2, 0) is 6.54 Å². The molecule has 0 radical (unpaired) electrons. The summed E-state index contributed by atoms with van der Waals surface area (Å²) in [7, 11) is 1.55. The van der Waals surface area contributed by atoms with Gasteiger partial charge in [0.2, 0.25) is 5.91 Å². The Morgan fingerprint density at radius 1 is 1.50 bits per heavy atom. The summed E-state index contributed by atoms with van der Waals surface area (Å²) >= 11 is 0. The number of nitrogens with two attached hydrogens (primary N) is 2. The summed E-state index contributed by atoms with van der Waals surface area (Å²) in [4.78, 5) is 10.8. The predicted octanol–water partition coefficient (Wildman–Crippen LogP) is 0.675. The zero-order valence-corrected chi connectivity index (χ0v) is 8.64. The van der Waals surface area contributed by atoms with Crippen molar-refractivity contribution in [2.75, 3.05) is 7.11 Å². The second kappa shape index (κ2) is 5.47. The third kappa shape index (κ3) is 2.61. The van der Waals surface area contributed by atoms with E-state index in [0.717, 1.165) is 5.56 Å². The summed E-state index contributed by atoms with van der Waals surface area (Å²) in [5, 5.41) is 0. The summed E-state index contributed by atoms with van der Waals surface area (Å²) in [5.41, 5.74) is 11.8. The van der Waals surface area contributed by atoms with Crippen molar-refractivity contribution in [2.24, 2.45) is 11.5 Å². The molecule has 0 fully saturated rings. The van der Waals surface area contributed by atoms with E-state index in [2.05, 4.69) is 0 Å². The lowest BCUT2D eigenvalue weighted by Crippen LogP contribution is -2.12. The normalized spacial score (nSPS) is 9.00. The smallest absolute Gasteiger partial charge is 0.248 e. The van der Waals surface area contributed by atoms with Gasteiger partial charge in [-0.05, 0) is 18.2 Å². The largest absolute Gasteiger partial charge is 0.496 e. The second-order valence-electron chi connectivity index (χ2n) is 2.60. The molecule has 1 amide bonds. The second-order valence-corrected chi connectivity index (χ2v) is 2.60. The van der Waals surface area contributed by atoms with Gasteiger partial charge in [0, 0.05) is 17.7 Å². The molecule has 0 aliphatic carbocycles. The molecule has 4 N–H and O–H groups in total. The lowest BCUT2D eigenvalue weighted by Gasteiger charge is -2.06. The van der Waals surface area contributed by atoms with Crippen LogP contribution in [0.25, 0.3) is 0 Å². The molecule has 0 aromatic heterocycles. The summed E-state index contributed by atoms with van der Waals surface area (Å²) in [6, 6.07) is 4.93. The lowest BCUT2D eigenvalue weighted by molar-refractivity contribution is 0.1000. The van der Waals surface area contributed by atoms with Gasteiger partial charge in [0.05, 0.1) is 7.11 Å². The fourth-order valence-corrected chi connectivity index (χ4v) is 1.09. The van der Waals surface area contributed by atoms with Gasteiger partial charge >= 0.3 is 0 Å². The van der Waals surface area contributed by atoms with Crippen LogP contribution in [0.4, 0.5) is 0 Å². The number of amides is 1. The molecular formula is C9H13ClN2O2. The van der Waals surface area contributed by atoms with Crippen LogP contribution in [-0.4, -0.2) is 13.0 Å². The average molecular weight is 217 g/mol. The zero-order chi connectivity index (χ0) is 9.84. The number of benzene rings is 1. The fraction of sp³-hybridized carbons (Fsp3) is 0.222. The molecule has 5 heteroatoms. The summed E-state index contributed by atoms with van der Waals surface area (Å²) in [6.45, 7) is 0.324. The van der Waals surface area contributed by atoms with Gasteiger partial charge in [0.15, 0.2) is 0 Å². The lowest BCUT2D eigenvalue weighted by atomic mass is 10.1. The first-order chi connectivity index (χ1) is 6.19. The first-order valence-electron chi connectivity index (χ1n) is 3.86. The highest BCUT2D eigenvalue weighted by molar-refractivity contribution is 5.93. The van der Waals surface area contributed by atoms with Crippen molar-refractivity contribution in [3.05, 3.63) is 29.3 Å². The van der Waals surface area contributed by atoms with E-state index in [9.17, 15) is 4.79 Å². The SMILES string of the molecule is COc1ccc(C(N)=O)cc1CN.Cl. The van der Waals surface area contributed by atoms with E-state index in [1.807, 2.05) is 0 Å². The number of halogens is 1. The topological polar surface area (TPSA) is 78.3 Å². The number of ether oxygens (including phenoxy) is 1. The van der Waals surface area contributed by atoms with Crippen LogP contribution in [0.3, 0.4) is 0 Å². The highest BCUT2D eigenvalue weighted by Crippen LogP contribution is 2.18. The molecule has 14 heavy (non-hydrogen) atoms. The molecule has 0 bridgehead atoms. The number of rotatable bonds is 3. The number of carbonyl (C=O) groups is 1. The Labute approximate surface area is 88.6 Å². The highest BCUT2D eigenvalue weighted by Gasteiger charge is 2.05. The number of hydrogen-bond donors (Lipinski definition) is 2. The summed E-state index contributed by atoms with van der Waals surface area (Å²) in [5.74, 6) is 0.213. The highest BCUT2D eigenvalue weighted by atomic mass is 35.5. The van der Waals surface area contributed by atoms with Crippen molar-refractivity contribution in [3.8, 4) is 5.75 Å². The average Bonchev–Trinajstić information content (AvgIpc) is 2.16. The Morgan fingerprint density at radius 3 is 2.57 bits per heavy atom. The number of hydrogen-bond acceptors (Lipinski definition) is 3. The molecule has 1 aromatic carbocycles. The molecule has 0 unspecified atom stereocenters. The van der Waals surface area contributed by atoms with Gasteiger partial charge in [-0.3, -0.25) is 4.79 Å². The maximum absolute atomic E-state index is 10.8. The molecular weight excluding hydrogens is 204 g/mol. The molecule has 0 aliphatic rings. The third-order valence-corrected chi connectivity index (χ3v) is 1.78. The van der Waals surface area contributed by atoms with Crippen LogP contribution < -0.4 is 16.2 Å². The first kappa shape index (κ1) is 12.7. The van der Waals surface area contributed by atoms with E-state index >= 15 is 0 Å². The van der Waals surface area contributed by atoms with E-state index in [1.165, 1.54) is 0 Å². The molecule has 0 saturated heterocycles. The Bertz CT molecular complexity index is 329. The third-order valence-electron chi connectivity index (χ3n) is 1.78. The summed E-state index contributed by atoms with van der Waals surface area (Å²) < 4.78 is 5.04. The molecule has 1 aromatic rings. The van der Waals surface area contributed by atoms with Gasteiger partial charge in [-0.15, -0.1) is 12.4 Å². The minimum Gasteiger partial charge on any atom is -0.496 e. The van der Waals surface area contributed by atoms with Crippen LogP contribution in [0.15, 0.2) is 18.2 Å². The Hall–Kier alpha value is -1.26. The van der Waals surface area contributed by atoms with E-state index in [1.54, 1.807) is 25.3 Å². The molecule has 0 atom stereocenters. The van der Waals surface area contributed by atoms with Crippen LogP contribution in [0.2, 0.25) is 0 Å². The maximum atomic E-state index is 10.8. The van der Waals surface area contributed by atoms with Crippen LogP contribution >= 0.6 is 12.4 Å². The van der Waals surface area contributed by atoms with Gasteiger partial charge < -0.3 is 16.2 Å². The van der Waals surface area contributed by atoms with Crippen molar-refractivity contribution in [3.63, 3.8) is 0 Å². The molecule has 4 nitrogen and oxygen atoms in total. The zero-order valence-electron chi connectivity index (χ0n) is 7.82. The Balaban J connectivity index is 0.00000169. The molecule has 0 saturated carbocycles. The van der Waals surface area contributed by atoms with Crippen molar-refractivity contribution in [2.45, 2.75) is 6.54 Å². The standard InChI is InChI=1S/C9H12N2O2.ClH/c1-13-8-3-2-6(9(11)12)4-7(8)5-10;/h2-4H,5,10H2,1H3,(H2,11,12);1H. The Kier molecular flexibility index (Phi) is 4.97. The van der Waals surface area contributed by atoms with Crippen molar-refractivity contribution >= 4 is 18.3 Å². The van der Waals surface area contributed by atoms with Crippen molar-refractivity contribution in [1.82, 2.24) is 0 Å². The fourth-order valence-electron chi connectivity index (χ4n) is 1.09. The van der Waals surface area contributed by atoms with E-state index in [0.29, 0.717) is 17.9 Å². The number of carbonyl (C=O) groups excluding carboxylic acids is 1. The van der Waals surface area contributed by atoms with Gasteiger partial charge in [0.25, 0.3) is 0 Å². The number of primary amides is 1. The van der Waals surface area contributed by atoms with Gasteiger partial charge in [0.1, 0.15) is 5.75 Å². The van der Waals surface area contributed by atoms with Gasteiger partial charge in [-0.1, -0.05) is 0 Å². The van der Waals surface area contributed by atoms with E-state index in [4.69, 9.17) is 16.2 Å². The monoisotopic (exact) mass is 216 g/mol. The molecule has 0 heterocycles. The summed E-state index contributed by atoms with van der Waals surface area (Å²) in [6.07, 6.45) is 0. The quantitative estimate of drug-likeness (QED) is 0.780. The first-order valence-corrected chi connectivity index (χ1v) is 3.86. The minimum atomic E-state index is -0.461. The van der Waals surface area contributed by atoms with Gasteiger partial charge in [-0.2, -0.15) is 0 Å². The van der Waals surface area contributed by atoms with Crippen molar-refractivity contribution < 1.29 is 9.53 Å². The van der Waals surface area contributed by atoms with Crippen LogP contribution in [0.5, 0.6) is 5.75 Å². The molecule has 78 valence electrons. The van der Waals surface area contributed by atoms with E-state index < -0.39 is 5.91 Å². The van der Waals surface area contributed by atoms with Crippen LogP contribution in [0.1, 0.15) is 15.9 Å². The van der Waals surface area contributed by atoms with Gasteiger partial charge in [-0.25, -0.2) is 0 Å². The number of methoxy groups -OCH3 is 1. The molecule has 0 spiro atoms. The van der Waals surface area contributed by atoms with Crippen molar-refractivity contribution in [1.29, 1.82) is 0 Å². The predicted molar refractivity (Wildman–Crippen MR) is 56.7 cm³/mol.